The van der Waals surface area contributed by atoms with Gasteiger partial charge in [0, 0.05) is 20.3 Å². The third kappa shape index (κ3) is 6.31. The molecule has 84 valence electrons. The van der Waals surface area contributed by atoms with Crippen LogP contribution < -0.4 is 0 Å². The van der Waals surface area contributed by atoms with Crippen molar-refractivity contribution >= 4 is 8.56 Å². The Kier molecular flexibility index (Phi) is 8.08. The lowest BCUT2D eigenvalue weighted by Gasteiger charge is -2.24. The number of hydrogen-bond donors (Lipinski definition) is 0. The van der Waals surface area contributed by atoms with Crippen molar-refractivity contribution in [1.29, 1.82) is 0 Å². The van der Waals surface area contributed by atoms with E-state index in [4.69, 9.17) is 13.6 Å². The van der Waals surface area contributed by atoms with Crippen LogP contribution in [0.4, 0.5) is 0 Å². The Morgan fingerprint density at radius 1 is 1.43 bits per heavy atom. The van der Waals surface area contributed by atoms with Crippen molar-refractivity contribution in [3.63, 3.8) is 0 Å². The Morgan fingerprint density at radius 2 is 2.14 bits per heavy atom. The summed E-state index contributed by atoms with van der Waals surface area (Å²) in [4.78, 5) is 0. The van der Waals surface area contributed by atoms with Gasteiger partial charge in [-0.25, -0.2) is 0 Å². The van der Waals surface area contributed by atoms with E-state index in [9.17, 15) is 0 Å². The quantitative estimate of drug-likeness (QED) is 0.338. The molecule has 0 bridgehead atoms. The van der Waals surface area contributed by atoms with Crippen LogP contribution in [-0.4, -0.2) is 35.5 Å². The van der Waals surface area contributed by atoms with E-state index in [1.165, 1.54) is 0 Å². The van der Waals surface area contributed by atoms with Crippen LogP contribution in [0.25, 0.3) is 0 Å². The molecule has 0 spiro atoms. The Balaban J connectivity index is 3.56. The minimum Gasteiger partial charge on any atom is -0.398 e. The van der Waals surface area contributed by atoms with Crippen molar-refractivity contribution in [2.75, 3.05) is 26.9 Å². The minimum atomic E-state index is -1.89. The van der Waals surface area contributed by atoms with Crippen LogP contribution in [0.5, 0.6) is 0 Å². The first-order valence-electron chi connectivity index (χ1n) is 5.06. The summed E-state index contributed by atoms with van der Waals surface area (Å²) in [6.07, 6.45) is 2.75. The SMILES string of the molecule is C=CCOCCC[Si](C)(OC)OCC. The fraction of sp³-hybridized carbons (Fsp3) is 0.800. The summed E-state index contributed by atoms with van der Waals surface area (Å²) in [5.74, 6) is 0. The first-order valence-corrected chi connectivity index (χ1v) is 7.58. The highest BCUT2D eigenvalue weighted by Gasteiger charge is 2.28. The standard InChI is InChI=1S/C10H22O3Si/c1-5-8-12-9-7-10-14(4,11-3)13-6-2/h5H,1,6-10H2,2-4H3. The second kappa shape index (κ2) is 8.17. The third-order valence-corrected chi connectivity index (χ3v) is 5.06. The average Bonchev–Trinajstić information content (AvgIpc) is 2.18. The van der Waals surface area contributed by atoms with Crippen molar-refractivity contribution in [3.05, 3.63) is 12.7 Å². The summed E-state index contributed by atoms with van der Waals surface area (Å²) >= 11 is 0. The van der Waals surface area contributed by atoms with Gasteiger partial charge >= 0.3 is 8.56 Å². The van der Waals surface area contributed by atoms with E-state index in [-0.39, 0.29) is 0 Å². The Morgan fingerprint density at radius 3 is 2.64 bits per heavy atom. The van der Waals surface area contributed by atoms with E-state index in [1.54, 1.807) is 13.2 Å². The number of rotatable bonds is 9. The van der Waals surface area contributed by atoms with E-state index in [0.717, 1.165) is 25.7 Å². The smallest absolute Gasteiger partial charge is 0.334 e. The summed E-state index contributed by atoms with van der Waals surface area (Å²) in [5.41, 5.74) is 0. The van der Waals surface area contributed by atoms with Gasteiger partial charge in [-0.2, -0.15) is 0 Å². The predicted octanol–water partition coefficient (Wildman–Crippen LogP) is 2.33. The maximum atomic E-state index is 5.63. The molecule has 1 atom stereocenters. The molecule has 0 aliphatic heterocycles. The zero-order valence-electron chi connectivity index (χ0n) is 9.54. The van der Waals surface area contributed by atoms with Crippen LogP contribution in [0.2, 0.25) is 12.6 Å². The lowest BCUT2D eigenvalue weighted by molar-refractivity contribution is 0.156. The molecule has 0 heterocycles. The van der Waals surface area contributed by atoms with Gasteiger partial charge in [-0.3, -0.25) is 0 Å². The van der Waals surface area contributed by atoms with Gasteiger partial charge in [-0.05, 0) is 25.9 Å². The molecule has 14 heavy (non-hydrogen) atoms. The van der Waals surface area contributed by atoms with Gasteiger partial charge in [0.25, 0.3) is 0 Å². The van der Waals surface area contributed by atoms with Crippen molar-refractivity contribution < 1.29 is 13.6 Å². The fourth-order valence-corrected chi connectivity index (χ4v) is 3.06. The molecule has 0 radical (unpaired) electrons. The summed E-state index contributed by atoms with van der Waals surface area (Å²) in [6, 6.07) is 0.981. The maximum Gasteiger partial charge on any atom is 0.334 e. The molecule has 3 nitrogen and oxygen atoms in total. The maximum absolute atomic E-state index is 5.63. The van der Waals surface area contributed by atoms with Gasteiger partial charge in [-0.1, -0.05) is 6.08 Å². The Hall–Kier alpha value is -0.163. The van der Waals surface area contributed by atoms with E-state index >= 15 is 0 Å². The zero-order valence-corrected chi connectivity index (χ0v) is 10.5. The normalized spacial score (nSPS) is 15.1. The molecule has 0 aliphatic carbocycles. The minimum absolute atomic E-state index is 0.625. The Labute approximate surface area is 88.3 Å². The first-order chi connectivity index (χ1) is 6.68. The highest BCUT2D eigenvalue weighted by atomic mass is 28.4. The molecular formula is C10H22O3Si. The third-order valence-electron chi connectivity index (χ3n) is 2.04. The molecule has 0 saturated heterocycles. The van der Waals surface area contributed by atoms with Crippen LogP contribution in [0.3, 0.4) is 0 Å². The molecule has 0 amide bonds. The molecule has 0 rings (SSSR count). The molecule has 0 N–H and O–H groups in total. The van der Waals surface area contributed by atoms with E-state index in [1.807, 2.05) is 6.92 Å². The van der Waals surface area contributed by atoms with Gasteiger partial charge in [0.15, 0.2) is 0 Å². The van der Waals surface area contributed by atoms with E-state index < -0.39 is 8.56 Å². The molecule has 0 aliphatic rings. The van der Waals surface area contributed by atoms with Gasteiger partial charge in [0.05, 0.1) is 6.61 Å². The van der Waals surface area contributed by atoms with Gasteiger partial charge < -0.3 is 13.6 Å². The highest BCUT2D eigenvalue weighted by Crippen LogP contribution is 2.14. The van der Waals surface area contributed by atoms with Crippen molar-refractivity contribution in [3.8, 4) is 0 Å². The molecule has 0 saturated carbocycles. The van der Waals surface area contributed by atoms with Gasteiger partial charge in [0.2, 0.25) is 0 Å². The largest absolute Gasteiger partial charge is 0.398 e. The molecule has 0 aromatic heterocycles. The molecule has 1 unspecified atom stereocenters. The first kappa shape index (κ1) is 13.8. The summed E-state index contributed by atoms with van der Waals surface area (Å²) in [6.45, 7) is 9.78. The summed E-state index contributed by atoms with van der Waals surface area (Å²) < 4.78 is 16.3. The summed E-state index contributed by atoms with van der Waals surface area (Å²) in [5, 5.41) is 0. The highest BCUT2D eigenvalue weighted by molar-refractivity contribution is 6.65. The fourth-order valence-electron chi connectivity index (χ4n) is 1.20. The number of hydrogen-bond acceptors (Lipinski definition) is 3. The monoisotopic (exact) mass is 218 g/mol. The van der Waals surface area contributed by atoms with Crippen LogP contribution in [0.15, 0.2) is 12.7 Å². The summed E-state index contributed by atoms with van der Waals surface area (Å²) in [7, 11) is -0.161. The van der Waals surface area contributed by atoms with Crippen LogP contribution in [-0.2, 0) is 13.6 Å². The second-order valence-electron chi connectivity index (χ2n) is 3.24. The molecule has 0 aromatic rings. The van der Waals surface area contributed by atoms with Crippen LogP contribution >= 0.6 is 0 Å². The second-order valence-corrected chi connectivity index (χ2v) is 6.70. The number of ether oxygens (including phenoxy) is 1. The zero-order chi connectivity index (χ0) is 10.9. The molecule has 0 fully saturated rings. The van der Waals surface area contributed by atoms with Crippen molar-refractivity contribution in [2.24, 2.45) is 0 Å². The van der Waals surface area contributed by atoms with Gasteiger partial charge in [-0.15, -0.1) is 6.58 Å². The molecule has 0 aromatic carbocycles. The van der Waals surface area contributed by atoms with Crippen LogP contribution in [0.1, 0.15) is 13.3 Å². The predicted molar refractivity (Wildman–Crippen MR) is 60.7 cm³/mol. The van der Waals surface area contributed by atoms with E-state index in [2.05, 4.69) is 13.1 Å². The average molecular weight is 218 g/mol. The lowest BCUT2D eigenvalue weighted by atomic mass is 10.5. The molecular weight excluding hydrogens is 196 g/mol. The molecule has 4 heteroatoms. The van der Waals surface area contributed by atoms with Crippen molar-refractivity contribution in [1.82, 2.24) is 0 Å². The van der Waals surface area contributed by atoms with Crippen molar-refractivity contribution in [2.45, 2.75) is 25.9 Å². The van der Waals surface area contributed by atoms with Gasteiger partial charge in [0.1, 0.15) is 0 Å². The Bertz CT molecular complexity index is 152. The van der Waals surface area contributed by atoms with Crippen LogP contribution in [0, 0.1) is 0 Å². The topological polar surface area (TPSA) is 27.7 Å². The lowest BCUT2D eigenvalue weighted by Crippen LogP contribution is -2.37. The van der Waals surface area contributed by atoms with E-state index in [0.29, 0.717) is 6.61 Å².